The van der Waals surface area contributed by atoms with Gasteiger partial charge in [0.2, 0.25) is 0 Å². The van der Waals surface area contributed by atoms with Gasteiger partial charge in [0.15, 0.2) is 0 Å². The smallest absolute Gasteiger partial charge is 0.264 e. The topological polar surface area (TPSA) is 49.8 Å². The summed E-state index contributed by atoms with van der Waals surface area (Å²) in [6.45, 7) is 3.55. The second kappa shape index (κ2) is 5.66. The lowest BCUT2D eigenvalue weighted by atomic mass is 10.1. The number of likely N-dealkylation sites (tertiary alicyclic amines) is 1. The molecule has 0 bridgehead atoms. The highest BCUT2D eigenvalue weighted by Crippen LogP contribution is 2.34. The number of aliphatic hydroxyl groups is 1. The average molecular weight is 305 g/mol. The van der Waals surface area contributed by atoms with Crippen LogP contribution in [0.15, 0.2) is 18.2 Å². The van der Waals surface area contributed by atoms with Gasteiger partial charge in [0.05, 0.1) is 12.0 Å². The van der Waals surface area contributed by atoms with Crippen LogP contribution in [0.5, 0.6) is 5.75 Å². The summed E-state index contributed by atoms with van der Waals surface area (Å²) in [4.78, 5) is 15.3. The maximum Gasteiger partial charge on any atom is 0.264 e. The molecule has 1 aromatic heterocycles. The highest BCUT2D eigenvalue weighted by molar-refractivity contribution is 7.21. The number of aliphatic hydroxyl groups excluding tert-OH is 1. The van der Waals surface area contributed by atoms with Crippen molar-refractivity contribution in [2.24, 2.45) is 5.92 Å². The van der Waals surface area contributed by atoms with E-state index in [0.717, 1.165) is 39.2 Å². The van der Waals surface area contributed by atoms with Crippen molar-refractivity contribution in [2.75, 3.05) is 26.8 Å². The molecule has 2 heterocycles. The van der Waals surface area contributed by atoms with Crippen LogP contribution in [-0.4, -0.2) is 42.7 Å². The van der Waals surface area contributed by atoms with Crippen LogP contribution in [-0.2, 0) is 0 Å². The zero-order chi connectivity index (χ0) is 15.0. The van der Waals surface area contributed by atoms with Gasteiger partial charge in [-0.25, -0.2) is 0 Å². The number of hydrogen-bond acceptors (Lipinski definition) is 4. The lowest BCUT2D eigenvalue weighted by molar-refractivity contribution is 0.0786. The Balaban J connectivity index is 1.93. The first-order chi connectivity index (χ1) is 10.1. The molecular weight excluding hydrogens is 286 g/mol. The van der Waals surface area contributed by atoms with Crippen molar-refractivity contribution >= 4 is 27.3 Å². The van der Waals surface area contributed by atoms with Crippen molar-refractivity contribution in [3.63, 3.8) is 0 Å². The minimum atomic E-state index is 0.0867. The van der Waals surface area contributed by atoms with E-state index >= 15 is 0 Å². The predicted octanol–water partition coefficient (Wildman–Crippen LogP) is 2.67. The van der Waals surface area contributed by atoms with E-state index in [1.807, 2.05) is 30.0 Å². The lowest BCUT2D eigenvalue weighted by Crippen LogP contribution is -2.28. The summed E-state index contributed by atoms with van der Waals surface area (Å²) in [6, 6.07) is 5.91. The first kappa shape index (κ1) is 14.4. The third-order valence-electron chi connectivity index (χ3n) is 4.17. The molecule has 1 unspecified atom stereocenters. The fourth-order valence-corrected chi connectivity index (χ4v) is 4.00. The second-order valence-corrected chi connectivity index (χ2v) is 6.56. The molecule has 1 amide bonds. The van der Waals surface area contributed by atoms with Crippen LogP contribution in [0.1, 0.15) is 21.7 Å². The lowest BCUT2D eigenvalue weighted by Gasteiger charge is -2.15. The van der Waals surface area contributed by atoms with Crippen LogP contribution in [0.25, 0.3) is 10.1 Å². The van der Waals surface area contributed by atoms with Crippen LogP contribution >= 0.6 is 11.3 Å². The van der Waals surface area contributed by atoms with Gasteiger partial charge in [0, 0.05) is 30.3 Å². The molecule has 4 nitrogen and oxygen atoms in total. The molecule has 0 saturated carbocycles. The van der Waals surface area contributed by atoms with Gasteiger partial charge in [-0.2, -0.15) is 0 Å². The number of benzene rings is 1. The summed E-state index contributed by atoms with van der Waals surface area (Å²) >= 11 is 1.54. The Hall–Kier alpha value is -1.59. The van der Waals surface area contributed by atoms with E-state index in [1.54, 1.807) is 7.11 Å². The molecule has 112 valence electrons. The summed E-state index contributed by atoms with van der Waals surface area (Å²) in [6.07, 6.45) is 0.889. The number of rotatable bonds is 3. The number of thiophene rings is 1. The SMILES string of the molecule is COc1ccc2sc(C(=O)N3CCC(CO)C3)c(C)c2c1. The van der Waals surface area contributed by atoms with Crippen molar-refractivity contribution in [1.29, 1.82) is 0 Å². The van der Waals surface area contributed by atoms with Crippen molar-refractivity contribution in [1.82, 2.24) is 4.90 Å². The number of carbonyl (C=O) groups excluding carboxylic acids is 1. The number of fused-ring (bicyclic) bond motifs is 1. The van der Waals surface area contributed by atoms with E-state index in [4.69, 9.17) is 4.74 Å². The van der Waals surface area contributed by atoms with Crippen molar-refractivity contribution in [3.05, 3.63) is 28.6 Å². The Morgan fingerprint density at radius 2 is 2.33 bits per heavy atom. The van der Waals surface area contributed by atoms with Crippen molar-refractivity contribution in [3.8, 4) is 5.75 Å². The standard InChI is InChI=1S/C16H19NO3S/c1-10-13-7-12(20-2)3-4-14(13)21-15(10)16(19)17-6-5-11(8-17)9-18/h3-4,7,11,18H,5-6,8-9H2,1-2H3. The van der Waals surface area contributed by atoms with Gasteiger partial charge in [-0.15, -0.1) is 11.3 Å². The molecule has 1 aliphatic heterocycles. The van der Waals surface area contributed by atoms with Crippen molar-refractivity contribution < 1.29 is 14.6 Å². The largest absolute Gasteiger partial charge is 0.497 e. The Labute approximate surface area is 127 Å². The van der Waals surface area contributed by atoms with Crippen LogP contribution in [0.2, 0.25) is 0 Å². The molecular formula is C16H19NO3S. The highest BCUT2D eigenvalue weighted by Gasteiger charge is 2.28. The molecule has 5 heteroatoms. The fraction of sp³-hybridized carbons (Fsp3) is 0.438. The summed E-state index contributed by atoms with van der Waals surface area (Å²) in [5.74, 6) is 1.12. The van der Waals surface area contributed by atoms with Crippen LogP contribution < -0.4 is 4.74 Å². The quantitative estimate of drug-likeness (QED) is 0.948. The second-order valence-electron chi connectivity index (χ2n) is 5.51. The number of nitrogens with zero attached hydrogens (tertiary/aromatic N) is 1. The summed E-state index contributed by atoms with van der Waals surface area (Å²) < 4.78 is 6.36. The molecule has 1 N–H and O–H groups in total. The van der Waals surface area contributed by atoms with Gasteiger partial charge in [-0.1, -0.05) is 0 Å². The maximum atomic E-state index is 12.7. The number of hydrogen-bond donors (Lipinski definition) is 1. The van der Waals surface area contributed by atoms with E-state index in [2.05, 4.69) is 0 Å². The van der Waals surface area contributed by atoms with Crippen LogP contribution in [0.3, 0.4) is 0 Å². The molecule has 1 saturated heterocycles. The minimum Gasteiger partial charge on any atom is -0.497 e. The Kier molecular flexibility index (Phi) is 3.87. The molecule has 1 fully saturated rings. The van der Waals surface area contributed by atoms with Gasteiger partial charge in [-0.3, -0.25) is 4.79 Å². The Morgan fingerprint density at radius 3 is 3.00 bits per heavy atom. The number of methoxy groups -OCH3 is 1. The summed E-state index contributed by atoms with van der Waals surface area (Å²) in [5.41, 5.74) is 1.02. The molecule has 1 aromatic carbocycles. The van der Waals surface area contributed by atoms with Gasteiger partial charge < -0.3 is 14.7 Å². The molecule has 1 atom stereocenters. The zero-order valence-corrected chi connectivity index (χ0v) is 13.1. The van der Waals surface area contributed by atoms with Gasteiger partial charge in [0.25, 0.3) is 5.91 Å². The van der Waals surface area contributed by atoms with E-state index in [0.29, 0.717) is 6.54 Å². The molecule has 0 radical (unpaired) electrons. The first-order valence-electron chi connectivity index (χ1n) is 7.11. The predicted molar refractivity (Wildman–Crippen MR) is 84.2 cm³/mol. The van der Waals surface area contributed by atoms with E-state index in [9.17, 15) is 9.90 Å². The Bertz CT molecular complexity index is 679. The fourth-order valence-electron chi connectivity index (χ4n) is 2.84. The number of carbonyl (C=O) groups is 1. The number of aryl methyl sites for hydroxylation is 1. The van der Waals surface area contributed by atoms with Crippen LogP contribution in [0.4, 0.5) is 0 Å². The van der Waals surface area contributed by atoms with Gasteiger partial charge in [0.1, 0.15) is 5.75 Å². The number of ether oxygens (including phenoxy) is 1. The average Bonchev–Trinajstić information content (AvgIpc) is 3.11. The van der Waals surface area contributed by atoms with Gasteiger partial charge >= 0.3 is 0 Å². The summed E-state index contributed by atoms with van der Waals surface area (Å²) in [7, 11) is 1.65. The third kappa shape index (κ3) is 2.51. The molecule has 2 aromatic rings. The van der Waals surface area contributed by atoms with Gasteiger partial charge in [-0.05, 0) is 42.5 Å². The molecule has 0 spiro atoms. The third-order valence-corrected chi connectivity index (χ3v) is 5.43. The first-order valence-corrected chi connectivity index (χ1v) is 7.93. The maximum absolute atomic E-state index is 12.7. The minimum absolute atomic E-state index is 0.0867. The van der Waals surface area contributed by atoms with Crippen molar-refractivity contribution in [2.45, 2.75) is 13.3 Å². The number of amides is 1. The molecule has 0 aliphatic carbocycles. The van der Waals surface area contributed by atoms with E-state index in [-0.39, 0.29) is 18.4 Å². The summed E-state index contributed by atoms with van der Waals surface area (Å²) in [5, 5.41) is 10.3. The van der Waals surface area contributed by atoms with Crippen LogP contribution in [0, 0.1) is 12.8 Å². The van der Waals surface area contributed by atoms with E-state index in [1.165, 1.54) is 11.3 Å². The van der Waals surface area contributed by atoms with E-state index < -0.39 is 0 Å². The highest BCUT2D eigenvalue weighted by atomic mass is 32.1. The molecule has 21 heavy (non-hydrogen) atoms. The monoisotopic (exact) mass is 305 g/mol. The Morgan fingerprint density at radius 1 is 1.52 bits per heavy atom. The normalized spacial score (nSPS) is 18.4. The molecule has 3 rings (SSSR count). The zero-order valence-electron chi connectivity index (χ0n) is 12.3. The molecule has 1 aliphatic rings.